The van der Waals surface area contributed by atoms with E-state index >= 15 is 0 Å². The van der Waals surface area contributed by atoms with Crippen molar-refractivity contribution in [3.05, 3.63) is 76.4 Å². The SMILES string of the molecule is CC(C)C1=N[C@@](C)(c2cc(F)cc(F)c2)N(CC=Cc2ccc3c(c2)CC2(C3)C(=O)NC(=O)N2C)C1=O. The maximum atomic E-state index is 14.0. The monoisotopic (exact) mass is 506 g/mol. The molecular weight excluding hydrogens is 478 g/mol. The highest BCUT2D eigenvalue weighted by molar-refractivity contribution is 6.41. The average Bonchev–Trinajstić information content (AvgIpc) is 3.41. The summed E-state index contributed by atoms with van der Waals surface area (Å²) in [4.78, 5) is 45.4. The fraction of sp³-hybridized carbons (Fsp3) is 0.357. The van der Waals surface area contributed by atoms with Gasteiger partial charge in [0.1, 0.15) is 22.9 Å². The van der Waals surface area contributed by atoms with Crippen LogP contribution in [0.25, 0.3) is 6.08 Å². The van der Waals surface area contributed by atoms with Gasteiger partial charge in [-0.1, -0.05) is 44.2 Å². The van der Waals surface area contributed by atoms with Gasteiger partial charge in [-0.25, -0.2) is 13.6 Å². The molecule has 7 nitrogen and oxygen atoms in total. The Hall–Kier alpha value is -3.88. The van der Waals surface area contributed by atoms with Crippen LogP contribution in [0.5, 0.6) is 0 Å². The molecule has 1 fully saturated rings. The lowest BCUT2D eigenvalue weighted by atomic mass is 9.95. The van der Waals surface area contributed by atoms with Crippen LogP contribution in [0.15, 0.2) is 47.5 Å². The van der Waals surface area contributed by atoms with Crippen LogP contribution in [0.3, 0.4) is 0 Å². The molecule has 1 spiro atoms. The second kappa shape index (κ2) is 8.61. The number of halogens is 2. The average molecular weight is 507 g/mol. The number of benzene rings is 2. The van der Waals surface area contributed by atoms with Crippen LogP contribution in [-0.4, -0.2) is 52.5 Å². The molecule has 3 aliphatic rings. The van der Waals surface area contributed by atoms with Crippen LogP contribution < -0.4 is 5.32 Å². The summed E-state index contributed by atoms with van der Waals surface area (Å²) in [5.41, 5.74) is 1.35. The molecule has 1 saturated heterocycles. The molecule has 2 atom stereocenters. The van der Waals surface area contributed by atoms with Gasteiger partial charge in [-0.3, -0.25) is 19.9 Å². The molecule has 2 aliphatic heterocycles. The lowest BCUT2D eigenvalue weighted by Crippen LogP contribution is -2.48. The third-order valence-electron chi connectivity index (χ3n) is 7.67. The second-order valence-corrected chi connectivity index (χ2v) is 10.4. The van der Waals surface area contributed by atoms with Crippen molar-refractivity contribution in [3.63, 3.8) is 0 Å². The summed E-state index contributed by atoms with van der Waals surface area (Å²) in [5, 5.41) is 2.40. The minimum absolute atomic E-state index is 0.152. The van der Waals surface area contributed by atoms with Crippen LogP contribution in [0.2, 0.25) is 0 Å². The largest absolute Gasteiger partial charge is 0.324 e. The van der Waals surface area contributed by atoms with Gasteiger partial charge in [-0.2, -0.15) is 0 Å². The van der Waals surface area contributed by atoms with Gasteiger partial charge in [0.2, 0.25) is 0 Å². The van der Waals surface area contributed by atoms with E-state index in [-0.39, 0.29) is 29.8 Å². The number of urea groups is 1. The number of aliphatic imine (C=N–C) groups is 1. The topological polar surface area (TPSA) is 82.1 Å². The van der Waals surface area contributed by atoms with E-state index in [9.17, 15) is 23.2 Å². The van der Waals surface area contributed by atoms with Crippen LogP contribution in [-0.2, 0) is 28.1 Å². The van der Waals surface area contributed by atoms with Crippen LogP contribution in [0, 0.1) is 17.6 Å². The minimum atomic E-state index is -1.25. The highest BCUT2D eigenvalue weighted by Gasteiger charge is 2.54. The maximum absolute atomic E-state index is 14.0. The summed E-state index contributed by atoms with van der Waals surface area (Å²) >= 11 is 0. The third-order valence-corrected chi connectivity index (χ3v) is 7.67. The van der Waals surface area contributed by atoms with Crippen molar-refractivity contribution in [1.82, 2.24) is 15.1 Å². The molecule has 2 aromatic rings. The highest BCUT2D eigenvalue weighted by Crippen LogP contribution is 2.39. The van der Waals surface area contributed by atoms with Crippen molar-refractivity contribution >= 4 is 29.6 Å². The van der Waals surface area contributed by atoms with Gasteiger partial charge >= 0.3 is 6.03 Å². The summed E-state index contributed by atoms with van der Waals surface area (Å²) in [6.45, 7) is 5.57. The van der Waals surface area contributed by atoms with E-state index in [4.69, 9.17) is 0 Å². The molecule has 192 valence electrons. The molecule has 9 heteroatoms. The number of amides is 4. The molecule has 0 aromatic heterocycles. The molecule has 4 amide bonds. The molecule has 5 rings (SSSR count). The van der Waals surface area contributed by atoms with Gasteiger partial charge in [0.15, 0.2) is 5.66 Å². The first-order valence-corrected chi connectivity index (χ1v) is 12.2. The third kappa shape index (κ3) is 3.93. The molecule has 1 aliphatic carbocycles. The summed E-state index contributed by atoms with van der Waals surface area (Å²) in [6.07, 6.45) is 4.56. The van der Waals surface area contributed by atoms with Crippen molar-refractivity contribution in [1.29, 1.82) is 0 Å². The van der Waals surface area contributed by atoms with Gasteiger partial charge in [0, 0.05) is 44.0 Å². The summed E-state index contributed by atoms with van der Waals surface area (Å²) < 4.78 is 28.1. The van der Waals surface area contributed by atoms with Gasteiger partial charge in [-0.05, 0) is 35.7 Å². The zero-order chi connectivity index (χ0) is 26.7. The first-order valence-electron chi connectivity index (χ1n) is 12.2. The molecule has 2 heterocycles. The number of hydrogen-bond acceptors (Lipinski definition) is 4. The zero-order valence-electron chi connectivity index (χ0n) is 21.1. The Morgan fingerprint density at radius 2 is 1.73 bits per heavy atom. The molecular formula is C28H28F2N4O3. The first-order chi connectivity index (χ1) is 17.4. The smallest absolute Gasteiger partial charge is 0.312 e. The van der Waals surface area contributed by atoms with E-state index in [0.717, 1.165) is 22.8 Å². The Bertz CT molecular complexity index is 1380. The molecule has 1 unspecified atom stereocenters. The highest BCUT2D eigenvalue weighted by atomic mass is 19.1. The molecule has 0 bridgehead atoms. The summed E-state index contributed by atoms with van der Waals surface area (Å²) in [6, 6.07) is 8.67. The van der Waals surface area contributed by atoms with E-state index in [1.807, 2.05) is 44.2 Å². The number of fused-ring (bicyclic) bond motifs is 1. The number of likely N-dealkylation sites (N-methyl/N-ethyl adjacent to an activating group) is 1. The fourth-order valence-corrected chi connectivity index (χ4v) is 5.48. The van der Waals surface area contributed by atoms with Crippen LogP contribution >= 0.6 is 0 Å². The van der Waals surface area contributed by atoms with Crippen LogP contribution in [0.1, 0.15) is 43.0 Å². The lowest BCUT2D eigenvalue weighted by molar-refractivity contribution is -0.127. The molecule has 37 heavy (non-hydrogen) atoms. The summed E-state index contributed by atoms with van der Waals surface area (Å²) in [5.74, 6) is -2.17. The van der Waals surface area contributed by atoms with Gasteiger partial charge in [-0.15, -0.1) is 0 Å². The van der Waals surface area contributed by atoms with E-state index in [2.05, 4.69) is 10.3 Å². The lowest BCUT2D eigenvalue weighted by Gasteiger charge is -2.33. The zero-order valence-corrected chi connectivity index (χ0v) is 21.1. The minimum Gasteiger partial charge on any atom is -0.312 e. The van der Waals surface area contributed by atoms with E-state index in [1.165, 1.54) is 21.9 Å². The van der Waals surface area contributed by atoms with Gasteiger partial charge < -0.3 is 9.80 Å². The number of imide groups is 1. The Morgan fingerprint density at radius 3 is 2.35 bits per heavy atom. The quantitative estimate of drug-likeness (QED) is 0.627. The molecule has 1 N–H and O–H groups in total. The van der Waals surface area contributed by atoms with Crippen LogP contribution in [0.4, 0.5) is 13.6 Å². The van der Waals surface area contributed by atoms with Crippen molar-refractivity contribution in [2.24, 2.45) is 10.9 Å². The van der Waals surface area contributed by atoms with E-state index in [0.29, 0.717) is 18.6 Å². The van der Waals surface area contributed by atoms with Crippen molar-refractivity contribution in [3.8, 4) is 0 Å². The first kappa shape index (κ1) is 24.8. The standard InChI is InChI=1S/C28H28F2N4O3/c1-16(2)23-24(35)34(27(3,32-23)20-11-21(29)13-22(30)12-20)9-5-6-17-7-8-18-14-28(15-19(18)10-17)25(36)31-26(37)33(28)4/h5-8,10-13,16H,9,14-15H2,1-4H3,(H,31,36,37)/t27-,28?/m1/s1. The Balaban J connectivity index is 1.39. The molecule has 0 saturated carbocycles. The van der Waals surface area contributed by atoms with Crippen molar-refractivity contribution in [2.75, 3.05) is 13.6 Å². The predicted molar refractivity (Wildman–Crippen MR) is 135 cm³/mol. The number of hydrogen-bond donors (Lipinski definition) is 1. The van der Waals surface area contributed by atoms with Crippen molar-refractivity contribution in [2.45, 2.75) is 44.8 Å². The summed E-state index contributed by atoms with van der Waals surface area (Å²) in [7, 11) is 1.63. The van der Waals surface area contributed by atoms with E-state index < -0.39 is 28.9 Å². The maximum Gasteiger partial charge on any atom is 0.324 e. The van der Waals surface area contributed by atoms with Crippen molar-refractivity contribution < 1.29 is 23.2 Å². The van der Waals surface area contributed by atoms with Gasteiger partial charge in [0.25, 0.3) is 11.8 Å². The number of nitrogens with zero attached hydrogens (tertiary/aromatic N) is 3. The van der Waals surface area contributed by atoms with E-state index in [1.54, 1.807) is 14.0 Å². The Morgan fingerprint density at radius 1 is 1.05 bits per heavy atom. The Kier molecular flexibility index (Phi) is 5.77. The van der Waals surface area contributed by atoms with Gasteiger partial charge in [0.05, 0.1) is 0 Å². The fourth-order valence-electron chi connectivity index (χ4n) is 5.48. The predicted octanol–water partition coefficient (Wildman–Crippen LogP) is 3.81. The number of carbonyl (C=O) groups excluding carboxylic acids is 3. The second-order valence-electron chi connectivity index (χ2n) is 10.4. The number of nitrogens with one attached hydrogen (secondary N) is 1. The molecule has 0 radical (unpaired) electrons. The Labute approximate surface area is 213 Å². The normalized spacial score (nSPS) is 25.2. The number of rotatable bonds is 5. The number of carbonyl (C=O) groups is 3. The molecule has 2 aromatic carbocycles.